The molecule has 0 aliphatic carbocycles. The van der Waals surface area contributed by atoms with Crippen LogP contribution in [0.1, 0.15) is 37.6 Å². The van der Waals surface area contributed by atoms with E-state index in [1.807, 2.05) is 19.9 Å². The predicted octanol–water partition coefficient (Wildman–Crippen LogP) is 4.33. The third-order valence-corrected chi connectivity index (χ3v) is 5.37. The van der Waals surface area contributed by atoms with E-state index in [9.17, 15) is 18.4 Å². The van der Waals surface area contributed by atoms with Gasteiger partial charge in [-0.2, -0.15) is 0 Å². The lowest BCUT2D eigenvalue weighted by atomic mass is 10.0. The quantitative estimate of drug-likeness (QED) is 0.387. The average Bonchev–Trinajstić information content (AvgIpc) is 3.15. The number of pyridine rings is 1. The molecule has 174 valence electrons. The molecule has 0 saturated carbocycles. The number of carbonyl (C=O) groups is 2. The van der Waals surface area contributed by atoms with E-state index < -0.39 is 34.8 Å². The van der Waals surface area contributed by atoms with Crippen molar-refractivity contribution in [1.82, 2.24) is 4.98 Å². The molecule has 0 radical (unpaired) electrons. The van der Waals surface area contributed by atoms with Crippen molar-refractivity contribution in [3.63, 3.8) is 0 Å². The third kappa shape index (κ3) is 4.18. The molecule has 0 atom stereocenters. The summed E-state index contributed by atoms with van der Waals surface area (Å²) in [5.41, 5.74) is 13.4. The molecule has 0 bridgehead atoms. The number of nitrogens with one attached hydrogen (secondary N) is 1. The molecular weight excluding hydrogens is 446 g/mol. The number of furan rings is 1. The van der Waals surface area contributed by atoms with Gasteiger partial charge in [-0.3, -0.25) is 9.59 Å². The van der Waals surface area contributed by atoms with Crippen molar-refractivity contribution in [3.05, 3.63) is 82.2 Å². The second-order valence-corrected chi connectivity index (χ2v) is 7.56. The van der Waals surface area contributed by atoms with Gasteiger partial charge in [0.1, 0.15) is 17.3 Å². The van der Waals surface area contributed by atoms with Gasteiger partial charge in [-0.25, -0.2) is 13.8 Å². The molecule has 0 aliphatic rings. The number of halogens is 2. The number of primary amides is 1. The van der Waals surface area contributed by atoms with Crippen LogP contribution in [0.25, 0.3) is 11.0 Å². The standard InChI is InChI=1S/C24H20F2N4O4/c1-11-3-5-18(12(2)16(11)9-27)33-19-6-4-13(10-29-19)24(32)30-20-15-7-14(25)8-17(26)21(15)34-22(20)23(28)31/h3-8,10H,9,27H2,1-2H3,(H2,28,31)(H,30,32). The number of rotatable bonds is 6. The second kappa shape index (κ2) is 8.91. The Morgan fingerprint density at radius 2 is 1.91 bits per heavy atom. The lowest BCUT2D eigenvalue weighted by Gasteiger charge is -2.13. The number of ether oxygens (including phenoxy) is 1. The van der Waals surface area contributed by atoms with Crippen molar-refractivity contribution in [3.8, 4) is 11.6 Å². The maximum atomic E-state index is 14.1. The van der Waals surface area contributed by atoms with Crippen molar-refractivity contribution >= 4 is 28.5 Å². The number of aryl methyl sites for hydroxylation is 1. The lowest BCUT2D eigenvalue weighted by molar-refractivity contribution is 0.0977. The molecule has 8 nitrogen and oxygen atoms in total. The Labute approximate surface area is 192 Å². The first-order valence-electron chi connectivity index (χ1n) is 10.1. The molecule has 4 rings (SSSR count). The van der Waals surface area contributed by atoms with Crippen LogP contribution in [0.3, 0.4) is 0 Å². The minimum absolute atomic E-state index is 0.0947. The van der Waals surface area contributed by atoms with E-state index in [1.165, 1.54) is 18.3 Å². The van der Waals surface area contributed by atoms with Gasteiger partial charge < -0.3 is 25.9 Å². The minimum Gasteiger partial charge on any atom is -0.446 e. The molecule has 2 amide bonds. The summed E-state index contributed by atoms with van der Waals surface area (Å²) in [6, 6.07) is 8.15. The molecule has 10 heteroatoms. The molecule has 2 aromatic heterocycles. The highest BCUT2D eigenvalue weighted by Crippen LogP contribution is 2.34. The van der Waals surface area contributed by atoms with Gasteiger partial charge in [-0.1, -0.05) is 6.07 Å². The third-order valence-electron chi connectivity index (χ3n) is 5.37. The predicted molar refractivity (Wildman–Crippen MR) is 121 cm³/mol. The summed E-state index contributed by atoms with van der Waals surface area (Å²) in [6.07, 6.45) is 1.26. The number of aromatic nitrogens is 1. The Morgan fingerprint density at radius 1 is 1.15 bits per heavy atom. The molecule has 2 heterocycles. The summed E-state index contributed by atoms with van der Waals surface area (Å²) in [7, 11) is 0. The van der Waals surface area contributed by atoms with E-state index in [-0.39, 0.29) is 22.5 Å². The van der Waals surface area contributed by atoms with Gasteiger partial charge in [-0.15, -0.1) is 0 Å². The van der Waals surface area contributed by atoms with E-state index in [2.05, 4.69) is 10.3 Å². The highest BCUT2D eigenvalue weighted by molar-refractivity contribution is 6.14. The summed E-state index contributed by atoms with van der Waals surface area (Å²) in [6.45, 7) is 4.22. The lowest BCUT2D eigenvalue weighted by Crippen LogP contribution is -2.17. The summed E-state index contributed by atoms with van der Waals surface area (Å²) >= 11 is 0. The molecule has 34 heavy (non-hydrogen) atoms. The molecule has 5 N–H and O–H groups in total. The highest BCUT2D eigenvalue weighted by atomic mass is 19.1. The number of hydrogen-bond acceptors (Lipinski definition) is 6. The monoisotopic (exact) mass is 466 g/mol. The van der Waals surface area contributed by atoms with Crippen LogP contribution in [0, 0.1) is 25.5 Å². The smallest absolute Gasteiger partial charge is 0.286 e. The van der Waals surface area contributed by atoms with Crippen LogP contribution in [0.2, 0.25) is 0 Å². The van der Waals surface area contributed by atoms with Crippen molar-refractivity contribution < 1.29 is 27.5 Å². The van der Waals surface area contributed by atoms with Crippen LogP contribution in [-0.4, -0.2) is 16.8 Å². The Kier molecular flexibility index (Phi) is 5.99. The van der Waals surface area contributed by atoms with Crippen molar-refractivity contribution in [2.75, 3.05) is 5.32 Å². The number of anilines is 1. The average molecular weight is 466 g/mol. The van der Waals surface area contributed by atoms with E-state index in [4.69, 9.17) is 20.6 Å². The first kappa shape index (κ1) is 22.9. The van der Waals surface area contributed by atoms with Crippen LogP contribution in [-0.2, 0) is 6.54 Å². The molecule has 0 fully saturated rings. The van der Waals surface area contributed by atoms with Gasteiger partial charge in [-0.05, 0) is 48.7 Å². The topological polar surface area (TPSA) is 133 Å². The largest absolute Gasteiger partial charge is 0.446 e. The highest BCUT2D eigenvalue weighted by Gasteiger charge is 2.24. The molecule has 0 saturated heterocycles. The Hall–Kier alpha value is -4.31. The Bertz CT molecular complexity index is 1430. The minimum atomic E-state index is -1.06. The Balaban J connectivity index is 1.59. The van der Waals surface area contributed by atoms with E-state index in [0.717, 1.165) is 22.8 Å². The molecule has 0 unspecified atom stereocenters. The molecule has 0 spiro atoms. The fourth-order valence-electron chi connectivity index (χ4n) is 3.59. The zero-order valence-corrected chi connectivity index (χ0v) is 18.2. The zero-order chi connectivity index (χ0) is 24.6. The fraction of sp³-hybridized carbons (Fsp3) is 0.125. The number of fused-ring (bicyclic) bond motifs is 1. The fourth-order valence-corrected chi connectivity index (χ4v) is 3.59. The first-order chi connectivity index (χ1) is 16.2. The van der Waals surface area contributed by atoms with E-state index in [1.54, 1.807) is 6.07 Å². The van der Waals surface area contributed by atoms with Gasteiger partial charge in [0.15, 0.2) is 11.4 Å². The normalized spacial score (nSPS) is 11.0. The Morgan fingerprint density at radius 3 is 2.56 bits per heavy atom. The van der Waals surface area contributed by atoms with E-state index >= 15 is 0 Å². The van der Waals surface area contributed by atoms with Crippen molar-refractivity contribution in [2.24, 2.45) is 11.5 Å². The first-order valence-corrected chi connectivity index (χ1v) is 10.1. The molecule has 4 aromatic rings. The van der Waals surface area contributed by atoms with Crippen LogP contribution >= 0.6 is 0 Å². The SMILES string of the molecule is Cc1ccc(Oc2ccc(C(=O)Nc3c(C(N)=O)oc4c(F)cc(F)cc34)cn2)c(C)c1CN. The van der Waals surface area contributed by atoms with Crippen LogP contribution in [0.5, 0.6) is 11.6 Å². The van der Waals surface area contributed by atoms with Gasteiger partial charge >= 0.3 is 0 Å². The number of nitrogens with zero attached hydrogens (tertiary/aromatic N) is 1. The van der Waals surface area contributed by atoms with Crippen LogP contribution in [0.4, 0.5) is 14.5 Å². The summed E-state index contributed by atoms with van der Waals surface area (Å²) < 4.78 is 38.7. The van der Waals surface area contributed by atoms with Crippen LogP contribution in [0.15, 0.2) is 47.0 Å². The van der Waals surface area contributed by atoms with E-state index in [0.29, 0.717) is 18.4 Å². The van der Waals surface area contributed by atoms with Crippen LogP contribution < -0.4 is 21.5 Å². The summed E-state index contributed by atoms with van der Waals surface area (Å²) in [5, 5.41) is 2.28. The summed E-state index contributed by atoms with van der Waals surface area (Å²) in [4.78, 5) is 28.6. The number of hydrogen-bond donors (Lipinski definition) is 3. The summed E-state index contributed by atoms with van der Waals surface area (Å²) in [5.74, 6) is -3.40. The molecule has 0 aliphatic heterocycles. The van der Waals surface area contributed by atoms with Gasteiger partial charge in [0.25, 0.3) is 11.8 Å². The van der Waals surface area contributed by atoms with Gasteiger partial charge in [0.05, 0.1) is 10.9 Å². The van der Waals surface area contributed by atoms with Crippen molar-refractivity contribution in [2.45, 2.75) is 20.4 Å². The maximum absolute atomic E-state index is 14.1. The maximum Gasteiger partial charge on any atom is 0.286 e. The number of carbonyl (C=O) groups excluding carboxylic acids is 2. The number of amides is 2. The molecular formula is C24H20F2N4O4. The van der Waals surface area contributed by atoms with Gasteiger partial charge in [0, 0.05) is 24.9 Å². The number of benzene rings is 2. The zero-order valence-electron chi connectivity index (χ0n) is 18.2. The molecule has 2 aromatic carbocycles. The van der Waals surface area contributed by atoms with Crippen molar-refractivity contribution in [1.29, 1.82) is 0 Å². The van der Waals surface area contributed by atoms with Gasteiger partial charge in [0.2, 0.25) is 11.6 Å². The number of nitrogens with two attached hydrogens (primary N) is 2. The second-order valence-electron chi connectivity index (χ2n) is 7.56.